The lowest BCUT2D eigenvalue weighted by molar-refractivity contribution is -0.176. The molecule has 0 unspecified atom stereocenters. The molecule has 0 saturated carbocycles. The number of ether oxygens (including phenoxy) is 1. The van der Waals surface area contributed by atoms with Crippen molar-refractivity contribution in [2.75, 3.05) is 70.2 Å². The van der Waals surface area contributed by atoms with Gasteiger partial charge in [-0.1, -0.05) is 84.9 Å². The Kier molecular flexibility index (Phi) is 28.6. The highest BCUT2D eigenvalue weighted by Gasteiger charge is 2.46. The van der Waals surface area contributed by atoms with Gasteiger partial charge in [-0.15, -0.1) is 0 Å². The molecular weight excluding hydrogens is 1500 g/mol. The number of hydrogen-bond donors (Lipinski definition) is 13. The number of amides is 11. The molecule has 2 fully saturated rings. The standard InChI is InChI=1S/C79H87N15O19S/c1-92(2)52-32-30-51(31-33-52)91-90-50-28-26-48(27-29-50)72(101)82-38-8-7-18-63(78(107)108)86-69(97)45-85-75(104)64(42-71(99)100)88-76(105)65-20-11-41-93-70(98)37-35-62(77(106)94(65)93)87-73(102)49-24-22-47(23-25-49)43-83-68(96)44-84-74(103)61(89-79(109)113-46-59-55-14-5-3-12-53(55)54-13-4-6-15-56(54)59)34-36-67(95)81-40-39-80-60-19-9-17-58-57(60)16-10-21-66(58)114(110,111)112/h3-6,9-10,12-17,19,21-33,59,61-65,80H,7-8,11,18,20,34-46H2,1-2H3,(H,81,95)(H,82,101)(H,83,96)(H,84,103)(H,85,104)(H,86,97)(H,87,102)(H,88,105)(H,89,109)(H,99,100)(H,107,108)(H,110,111,112)/t61-,62-,63-,64-,65-/m0/s1. The maximum absolute atomic E-state index is 14.4. The van der Waals surface area contributed by atoms with Crippen LogP contribution >= 0.6 is 0 Å². The number of unbranched alkanes of at least 4 members (excludes halogenated alkanes) is 1. The van der Waals surface area contributed by atoms with E-state index in [1.807, 2.05) is 91.8 Å². The average Bonchev–Trinajstić information content (AvgIpc) is 1.58. The maximum atomic E-state index is 14.4. The van der Waals surface area contributed by atoms with Gasteiger partial charge in [0.05, 0.1) is 30.9 Å². The number of fused-ring (bicyclic) bond motifs is 5. The number of rotatable bonds is 36. The van der Waals surface area contributed by atoms with Crippen LogP contribution in [0.4, 0.5) is 27.5 Å². The Morgan fingerprint density at radius 3 is 1.88 bits per heavy atom. The molecule has 34 nitrogen and oxygen atoms in total. The highest BCUT2D eigenvalue weighted by molar-refractivity contribution is 7.86. The Balaban J connectivity index is 0.669. The van der Waals surface area contributed by atoms with E-state index in [-0.39, 0.29) is 118 Å². The van der Waals surface area contributed by atoms with E-state index in [0.29, 0.717) is 40.0 Å². The van der Waals surface area contributed by atoms with Gasteiger partial charge in [0.15, 0.2) is 0 Å². The number of hydrogen-bond acceptors (Lipinski definition) is 20. The Bertz CT molecular complexity index is 4870. The average molecular weight is 1580 g/mol. The predicted molar refractivity (Wildman–Crippen MR) is 414 cm³/mol. The number of carbonyl (C=O) groups excluding carboxylic acids is 11. The summed E-state index contributed by atoms with van der Waals surface area (Å²) < 4.78 is 39.5. The SMILES string of the molecule is CN(C)c1ccc(N=Nc2ccc(C(=O)NCCCC[C@H](NC(=O)CNC(=O)[C@H](CC(=O)O)NC(=O)[C@@H]3CCCN4C(=O)CC[C@H](NC(=O)c5ccc(CNC(=O)CNC(=O)[C@H](CCC(=O)NCCNc6cccc7c(S(=O)(=O)O)cccc67)NC(=O)OCC6c7ccccc7-c7ccccc76)cc5)C(=O)N34)C(=O)O)cc2)cc1. The highest BCUT2D eigenvalue weighted by Crippen LogP contribution is 2.44. The van der Waals surface area contributed by atoms with Crippen LogP contribution in [0, 0.1) is 0 Å². The quantitative estimate of drug-likeness (QED) is 0.0138. The Labute approximate surface area is 654 Å². The van der Waals surface area contributed by atoms with Gasteiger partial charge in [-0.05, 0) is 146 Å². The van der Waals surface area contributed by atoms with Crippen LogP contribution in [0.25, 0.3) is 21.9 Å². The van der Waals surface area contributed by atoms with Crippen molar-refractivity contribution in [3.8, 4) is 11.1 Å². The van der Waals surface area contributed by atoms with Gasteiger partial charge in [-0.2, -0.15) is 18.6 Å². The van der Waals surface area contributed by atoms with Gasteiger partial charge in [0.2, 0.25) is 41.4 Å². The molecular formula is C79H87N15O19S. The third-order valence-corrected chi connectivity index (χ3v) is 20.1. The summed E-state index contributed by atoms with van der Waals surface area (Å²) in [5.74, 6) is -11.0. The number of hydrazine groups is 1. The number of alkyl carbamates (subject to hydrolysis) is 1. The van der Waals surface area contributed by atoms with Crippen molar-refractivity contribution in [2.45, 2.75) is 112 Å². The number of nitrogens with one attached hydrogen (secondary N) is 10. The van der Waals surface area contributed by atoms with Gasteiger partial charge in [-0.3, -0.25) is 62.3 Å². The van der Waals surface area contributed by atoms with Crippen molar-refractivity contribution in [3.63, 3.8) is 0 Å². The second-order valence-corrected chi connectivity index (χ2v) is 28.7. The van der Waals surface area contributed by atoms with E-state index in [0.717, 1.165) is 38.0 Å². The molecule has 2 heterocycles. The van der Waals surface area contributed by atoms with Gasteiger partial charge in [0.25, 0.3) is 27.8 Å². The molecule has 0 radical (unpaired) electrons. The fraction of sp³-hybridized carbons (Fsp3) is 0.329. The zero-order valence-electron chi connectivity index (χ0n) is 62.2. The molecule has 598 valence electrons. The van der Waals surface area contributed by atoms with Crippen LogP contribution in [-0.2, 0) is 69.3 Å². The van der Waals surface area contributed by atoms with Crippen molar-refractivity contribution in [3.05, 3.63) is 186 Å². The van der Waals surface area contributed by atoms with Crippen LogP contribution in [0.2, 0.25) is 0 Å². The van der Waals surface area contributed by atoms with Gasteiger partial charge < -0.3 is 73.0 Å². The van der Waals surface area contributed by atoms with Gasteiger partial charge in [0.1, 0.15) is 41.7 Å². The van der Waals surface area contributed by atoms with Crippen LogP contribution in [0.1, 0.15) is 108 Å². The number of azo groups is 1. The molecule has 5 atom stereocenters. The molecule has 35 heteroatoms. The van der Waals surface area contributed by atoms with Crippen molar-refractivity contribution in [2.24, 2.45) is 10.2 Å². The number of carboxylic acids is 2. The van der Waals surface area contributed by atoms with Crippen LogP contribution < -0.4 is 58.1 Å². The number of anilines is 2. The lowest BCUT2D eigenvalue weighted by Gasteiger charge is -2.43. The second-order valence-electron chi connectivity index (χ2n) is 27.3. The molecule has 1 aliphatic carbocycles. The number of carboxylic acid groups (broad SMARTS) is 2. The molecule has 10 rings (SSSR count). The van der Waals surface area contributed by atoms with E-state index in [4.69, 9.17) is 4.74 Å². The fourth-order valence-electron chi connectivity index (χ4n) is 13.3. The third-order valence-electron chi connectivity index (χ3n) is 19.2. The molecule has 7 aromatic rings. The normalized spacial score (nSPS) is 15.3. The fourth-order valence-corrected chi connectivity index (χ4v) is 14.0. The summed E-state index contributed by atoms with van der Waals surface area (Å²) in [6, 6.07) is 36.9. The summed E-state index contributed by atoms with van der Waals surface area (Å²) in [5.41, 5.74) is 7.45. The van der Waals surface area contributed by atoms with Crippen LogP contribution in [0.15, 0.2) is 173 Å². The monoisotopic (exact) mass is 1580 g/mol. The van der Waals surface area contributed by atoms with Crippen molar-refractivity contribution in [1.82, 2.24) is 57.9 Å². The van der Waals surface area contributed by atoms with Crippen molar-refractivity contribution in [1.29, 1.82) is 0 Å². The third kappa shape index (κ3) is 22.5. The topological polar surface area (TPSA) is 481 Å². The second kappa shape index (κ2) is 39.1. The molecule has 0 spiro atoms. The van der Waals surface area contributed by atoms with E-state index >= 15 is 0 Å². The molecule has 0 bridgehead atoms. The van der Waals surface area contributed by atoms with Crippen molar-refractivity contribution >= 4 is 121 Å². The van der Waals surface area contributed by atoms with Gasteiger partial charge >= 0.3 is 18.0 Å². The molecule has 7 aromatic carbocycles. The number of benzene rings is 7. The summed E-state index contributed by atoms with van der Waals surface area (Å²) in [7, 11) is -0.668. The highest BCUT2D eigenvalue weighted by atomic mass is 32.2. The summed E-state index contributed by atoms with van der Waals surface area (Å²) >= 11 is 0. The number of aliphatic carboxylic acids is 2. The molecule has 114 heavy (non-hydrogen) atoms. The minimum Gasteiger partial charge on any atom is -0.481 e. The van der Waals surface area contributed by atoms with Gasteiger partial charge in [-0.25, -0.2) is 14.6 Å². The van der Waals surface area contributed by atoms with Crippen LogP contribution in [0.5, 0.6) is 0 Å². The molecule has 3 aliphatic rings. The molecule has 2 saturated heterocycles. The summed E-state index contributed by atoms with van der Waals surface area (Å²) in [4.78, 5) is 175. The van der Waals surface area contributed by atoms with E-state index in [1.165, 1.54) is 36.4 Å². The lowest BCUT2D eigenvalue weighted by Crippen LogP contribution is -2.65. The van der Waals surface area contributed by atoms with E-state index in [1.54, 1.807) is 48.5 Å². The summed E-state index contributed by atoms with van der Waals surface area (Å²) in [6.45, 7) is -1.19. The zero-order valence-corrected chi connectivity index (χ0v) is 63.0. The first-order valence-corrected chi connectivity index (χ1v) is 38.2. The van der Waals surface area contributed by atoms with E-state index < -0.39 is 131 Å². The van der Waals surface area contributed by atoms with Crippen molar-refractivity contribution < 1.29 is 90.2 Å². The molecule has 11 amide bonds. The molecule has 2 aliphatic heterocycles. The first-order valence-electron chi connectivity index (χ1n) is 36.8. The van der Waals surface area contributed by atoms with E-state index in [9.17, 15) is 85.5 Å². The largest absolute Gasteiger partial charge is 0.481 e. The van der Waals surface area contributed by atoms with Gasteiger partial charge in [0, 0.05) is 98.9 Å². The number of carbonyl (C=O) groups is 13. The minimum absolute atomic E-state index is 0.00577. The Morgan fingerprint density at radius 1 is 0.596 bits per heavy atom. The number of nitrogens with zero attached hydrogens (tertiary/aromatic N) is 5. The Morgan fingerprint density at radius 2 is 1.22 bits per heavy atom. The Hall–Kier alpha value is -13.2. The van der Waals surface area contributed by atoms with E-state index in [2.05, 4.69) is 63.4 Å². The van der Waals surface area contributed by atoms with Crippen LogP contribution in [-0.4, -0.2) is 200 Å². The smallest absolute Gasteiger partial charge is 0.407 e. The first-order chi connectivity index (χ1) is 54.7. The molecule has 0 aromatic heterocycles. The first kappa shape index (κ1) is 83.3. The summed E-state index contributed by atoms with van der Waals surface area (Å²) in [6.07, 6.45) is -2.29. The minimum atomic E-state index is -4.52. The summed E-state index contributed by atoms with van der Waals surface area (Å²) in [5, 5.41) is 56.7. The molecule has 13 N–H and O–H groups in total. The van der Waals surface area contributed by atoms with Crippen LogP contribution in [0.3, 0.4) is 0 Å². The zero-order chi connectivity index (χ0) is 81.6. The lowest BCUT2D eigenvalue weighted by atomic mass is 9.98. The maximum Gasteiger partial charge on any atom is 0.407 e. The predicted octanol–water partition coefficient (Wildman–Crippen LogP) is 5.09.